The minimum absolute atomic E-state index is 0.519. The number of fused-ring (bicyclic) bond motifs is 1. The minimum Gasteiger partial charge on any atom is -0.361 e. The highest BCUT2D eigenvalue weighted by molar-refractivity contribution is 14.1. The SMILES string of the molecule is CCCCCCN1CC=C(c2c[nH]c3ccc(NC(=S)Nc4cc(I)ccc4Cl)cc23)CC1. The number of benzene rings is 2. The molecule has 0 fully saturated rings. The Morgan fingerprint density at radius 1 is 1.15 bits per heavy atom. The van der Waals surface area contributed by atoms with E-state index < -0.39 is 0 Å². The number of aromatic amines is 1. The lowest BCUT2D eigenvalue weighted by Crippen LogP contribution is -2.29. The summed E-state index contributed by atoms with van der Waals surface area (Å²) in [4.78, 5) is 6.00. The summed E-state index contributed by atoms with van der Waals surface area (Å²) in [6, 6.07) is 12.1. The number of thiocarbonyl (C=S) groups is 1. The molecule has 174 valence electrons. The first-order valence-corrected chi connectivity index (χ1v) is 13.5. The molecule has 0 spiro atoms. The molecular weight excluding hydrogens is 563 g/mol. The van der Waals surface area contributed by atoms with Gasteiger partial charge in [-0.25, -0.2) is 0 Å². The van der Waals surface area contributed by atoms with Crippen LogP contribution in [0.15, 0.2) is 48.7 Å². The van der Waals surface area contributed by atoms with Gasteiger partial charge in [-0.15, -0.1) is 0 Å². The van der Waals surface area contributed by atoms with Crippen LogP contribution in [-0.4, -0.2) is 34.6 Å². The van der Waals surface area contributed by atoms with Gasteiger partial charge in [0.25, 0.3) is 0 Å². The monoisotopic (exact) mass is 592 g/mol. The number of unbranched alkanes of at least 4 members (excludes halogenated alkanes) is 3. The van der Waals surface area contributed by atoms with Crippen LogP contribution in [0, 0.1) is 3.57 Å². The van der Waals surface area contributed by atoms with Crippen LogP contribution in [-0.2, 0) is 0 Å². The minimum atomic E-state index is 0.519. The van der Waals surface area contributed by atoms with E-state index in [1.807, 2.05) is 24.3 Å². The summed E-state index contributed by atoms with van der Waals surface area (Å²) >= 11 is 14.1. The number of rotatable bonds is 8. The maximum absolute atomic E-state index is 6.30. The predicted octanol–water partition coefficient (Wildman–Crippen LogP) is 7.90. The van der Waals surface area contributed by atoms with Crippen LogP contribution in [0.3, 0.4) is 0 Å². The summed E-state index contributed by atoms with van der Waals surface area (Å²) in [5.74, 6) is 0. The molecule has 0 saturated heterocycles. The lowest BCUT2D eigenvalue weighted by molar-refractivity contribution is 0.294. The third-order valence-corrected chi connectivity index (χ3v) is 7.29. The lowest BCUT2D eigenvalue weighted by Gasteiger charge is -2.26. The Bertz CT molecular complexity index is 1160. The van der Waals surface area contributed by atoms with Crippen molar-refractivity contribution in [3.63, 3.8) is 0 Å². The second kappa shape index (κ2) is 11.7. The molecule has 0 bridgehead atoms. The topological polar surface area (TPSA) is 43.1 Å². The van der Waals surface area contributed by atoms with Crippen molar-refractivity contribution in [1.82, 2.24) is 9.88 Å². The second-order valence-electron chi connectivity index (χ2n) is 8.51. The fraction of sp³-hybridized carbons (Fsp3) is 0.346. The molecule has 2 aromatic carbocycles. The van der Waals surface area contributed by atoms with Crippen LogP contribution in [0.2, 0.25) is 5.02 Å². The smallest absolute Gasteiger partial charge is 0.175 e. The van der Waals surface area contributed by atoms with E-state index in [0.717, 1.165) is 40.0 Å². The molecule has 1 aliphatic heterocycles. The number of anilines is 2. The summed E-state index contributed by atoms with van der Waals surface area (Å²) in [5.41, 5.74) is 5.61. The molecule has 1 aliphatic rings. The van der Waals surface area contributed by atoms with Crippen LogP contribution >= 0.6 is 46.4 Å². The fourth-order valence-corrected chi connectivity index (χ4v) is 5.15. The van der Waals surface area contributed by atoms with E-state index in [0.29, 0.717) is 10.1 Å². The molecule has 0 unspecified atom stereocenters. The molecule has 2 heterocycles. The third-order valence-electron chi connectivity index (χ3n) is 6.08. The number of aromatic nitrogens is 1. The van der Waals surface area contributed by atoms with Gasteiger partial charge in [0.2, 0.25) is 0 Å². The Hall–Kier alpha value is -1.61. The molecular formula is C26H30ClIN4S. The van der Waals surface area contributed by atoms with Crippen molar-refractivity contribution >= 4 is 79.4 Å². The summed E-state index contributed by atoms with van der Waals surface area (Å²) in [6.45, 7) is 5.64. The number of nitrogens with zero attached hydrogens (tertiary/aromatic N) is 1. The van der Waals surface area contributed by atoms with Crippen LogP contribution in [0.4, 0.5) is 11.4 Å². The zero-order valence-electron chi connectivity index (χ0n) is 18.9. The fourth-order valence-electron chi connectivity index (χ4n) is 4.26. The first kappa shape index (κ1) is 24.5. The van der Waals surface area contributed by atoms with Gasteiger partial charge in [0.05, 0.1) is 10.7 Å². The van der Waals surface area contributed by atoms with Crippen LogP contribution in [0.25, 0.3) is 16.5 Å². The first-order valence-electron chi connectivity index (χ1n) is 11.6. The number of halogens is 2. The lowest BCUT2D eigenvalue weighted by atomic mass is 9.98. The van der Waals surface area contributed by atoms with Crippen molar-refractivity contribution in [1.29, 1.82) is 0 Å². The Balaban J connectivity index is 1.43. The van der Waals surface area contributed by atoms with E-state index in [-0.39, 0.29) is 0 Å². The molecule has 3 N–H and O–H groups in total. The molecule has 0 atom stereocenters. The van der Waals surface area contributed by atoms with Gasteiger partial charge in [0, 0.05) is 45.0 Å². The molecule has 3 aromatic rings. The molecule has 0 radical (unpaired) electrons. The van der Waals surface area contributed by atoms with Gasteiger partial charge >= 0.3 is 0 Å². The Kier molecular flexibility index (Phi) is 8.68. The third kappa shape index (κ3) is 6.50. The van der Waals surface area contributed by atoms with Crippen molar-refractivity contribution in [2.45, 2.75) is 39.0 Å². The number of H-pyrrole nitrogens is 1. The van der Waals surface area contributed by atoms with Gasteiger partial charge in [0.15, 0.2) is 5.11 Å². The van der Waals surface area contributed by atoms with E-state index in [9.17, 15) is 0 Å². The van der Waals surface area contributed by atoms with E-state index in [1.165, 1.54) is 48.8 Å². The highest BCUT2D eigenvalue weighted by atomic mass is 127. The first-order chi connectivity index (χ1) is 16.0. The molecule has 0 saturated carbocycles. The van der Waals surface area contributed by atoms with Gasteiger partial charge in [-0.3, -0.25) is 4.90 Å². The Morgan fingerprint density at radius 2 is 2.03 bits per heavy atom. The van der Waals surface area contributed by atoms with Crippen LogP contribution in [0.5, 0.6) is 0 Å². The summed E-state index contributed by atoms with van der Waals surface area (Å²) < 4.78 is 1.10. The van der Waals surface area contributed by atoms with Crippen molar-refractivity contribution < 1.29 is 0 Å². The molecule has 4 rings (SSSR count). The van der Waals surface area contributed by atoms with E-state index in [1.54, 1.807) is 0 Å². The van der Waals surface area contributed by atoms with Crippen LogP contribution < -0.4 is 10.6 Å². The zero-order chi connectivity index (χ0) is 23.2. The number of hydrogen-bond acceptors (Lipinski definition) is 2. The van der Waals surface area contributed by atoms with Gasteiger partial charge < -0.3 is 15.6 Å². The summed E-state index contributed by atoms with van der Waals surface area (Å²) in [5, 5.41) is 8.90. The average molecular weight is 593 g/mol. The van der Waals surface area contributed by atoms with Crippen molar-refractivity contribution in [2.75, 3.05) is 30.3 Å². The molecule has 0 amide bonds. The highest BCUT2D eigenvalue weighted by Crippen LogP contribution is 2.31. The predicted molar refractivity (Wildman–Crippen MR) is 155 cm³/mol. The standard InChI is InChI=1S/C26H30ClIN4S/c1-2-3-4-5-12-32-13-10-18(11-14-32)22-17-29-24-9-7-20(16-21(22)24)30-26(33)31-25-15-19(28)6-8-23(25)27/h6-10,15-17,29H,2-5,11-14H2,1H3,(H2,30,31,33). The maximum Gasteiger partial charge on any atom is 0.175 e. The van der Waals surface area contributed by atoms with Crippen molar-refractivity contribution in [3.05, 3.63) is 62.8 Å². The number of hydrogen-bond donors (Lipinski definition) is 3. The normalized spacial score (nSPS) is 14.3. The van der Waals surface area contributed by atoms with Gasteiger partial charge in [0.1, 0.15) is 0 Å². The summed E-state index contributed by atoms with van der Waals surface area (Å²) in [7, 11) is 0. The van der Waals surface area contributed by atoms with Gasteiger partial charge in [-0.05, 0) is 96.2 Å². The zero-order valence-corrected chi connectivity index (χ0v) is 22.6. The highest BCUT2D eigenvalue weighted by Gasteiger charge is 2.16. The van der Waals surface area contributed by atoms with Crippen LogP contribution in [0.1, 0.15) is 44.6 Å². The average Bonchev–Trinajstić information content (AvgIpc) is 3.23. The maximum atomic E-state index is 6.30. The van der Waals surface area contributed by atoms with E-state index in [2.05, 4.69) is 74.4 Å². The molecule has 1 aromatic heterocycles. The molecule has 0 aliphatic carbocycles. The number of nitrogens with one attached hydrogen (secondary N) is 3. The van der Waals surface area contributed by atoms with E-state index in [4.69, 9.17) is 23.8 Å². The Labute approximate surface area is 220 Å². The van der Waals surface area contributed by atoms with Gasteiger partial charge in [-0.1, -0.05) is 43.9 Å². The Morgan fingerprint density at radius 3 is 2.82 bits per heavy atom. The van der Waals surface area contributed by atoms with Crippen molar-refractivity contribution in [2.24, 2.45) is 0 Å². The molecule has 4 nitrogen and oxygen atoms in total. The van der Waals surface area contributed by atoms with Crippen molar-refractivity contribution in [3.8, 4) is 0 Å². The van der Waals surface area contributed by atoms with Gasteiger partial charge in [-0.2, -0.15) is 0 Å². The largest absolute Gasteiger partial charge is 0.361 e. The second-order valence-corrected chi connectivity index (χ2v) is 10.6. The summed E-state index contributed by atoms with van der Waals surface area (Å²) in [6.07, 6.45) is 10.9. The molecule has 33 heavy (non-hydrogen) atoms. The molecule has 7 heteroatoms. The quantitative estimate of drug-likeness (QED) is 0.141. The van der Waals surface area contributed by atoms with E-state index >= 15 is 0 Å².